The zero-order valence-electron chi connectivity index (χ0n) is 13.6. The number of rotatable bonds is 5. The van der Waals surface area contributed by atoms with Gasteiger partial charge in [0, 0.05) is 38.6 Å². The SMILES string of the molecule is C[C@@H]1CCC[N+]1(C=O)C(=O)C=CC(=O)N(C)Cc1ccccc1. The molecule has 1 aromatic rings. The van der Waals surface area contributed by atoms with E-state index >= 15 is 0 Å². The second kappa shape index (κ2) is 7.33. The van der Waals surface area contributed by atoms with E-state index in [0.717, 1.165) is 18.4 Å². The average Bonchev–Trinajstić information content (AvgIpc) is 2.95. The van der Waals surface area contributed by atoms with E-state index in [1.54, 1.807) is 7.05 Å². The van der Waals surface area contributed by atoms with Gasteiger partial charge >= 0.3 is 12.3 Å². The van der Waals surface area contributed by atoms with Gasteiger partial charge in [0.25, 0.3) is 0 Å². The minimum Gasteiger partial charge on any atom is -0.338 e. The second-order valence-electron chi connectivity index (χ2n) is 6.10. The monoisotopic (exact) mass is 315 g/mol. The maximum atomic E-state index is 12.4. The van der Waals surface area contributed by atoms with Gasteiger partial charge in [-0.25, -0.2) is 9.59 Å². The standard InChI is InChI=1S/C18H23N2O3/c1-15-7-6-12-20(15,14-21)18(23)11-10-17(22)19(2)13-16-8-4-3-5-9-16/h3-5,8-11,14-15H,6-7,12-13H2,1-2H3/q+1/t15-,20?/m1/s1. The third-order valence-electron chi connectivity index (χ3n) is 4.54. The Labute approximate surface area is 136 Å². The van der Waals surface area contributed by atoms with Crippen molar-refractivity contribution in [1.29, 1.82) is 0 Å². The van der Waals surface area contributed by atoms with E-state index in [1.165, 1.54) is 17.1 Å². The van der Waals surface area contributed by atoms with E-state index in [-0.39, 0.29) is 22.3 Å². The third-order valence-corrected chi connectivity index (χ3v) is 4.54. The van der Waals surface area contributed by atoms with Gasteiger partial charge in [0.05, 0.1) is 6.54 Å². The van der Waals surface area contributed by atoms with Gasteiger partial charge in [0.15, 0.2) is 0 Å². The summed E-state index contributed by atoms with van der Waals surface area (Å²) in [6.07, 6.45) is 4.92. The lowest BCUT2D eigenvalue weighted by atomic mass is 10.2. The Morgan fingerprint density at radius 2 is 1.96 bits per heavy atom. The highest BCUT2D eigenvalue weighted by atomic mass is 16.2. The Bertz CT molecular complexity index is 612. The second-order valence-corrected chi connectivity index (χ2v) is 6.10. The lowest BCUT2D eigenvalue weighted by Gasteiger charge is -2.27. The maximum absolute atomic E-state index is 12.4. The number of likely N-dealkylation sites (tertiary alicyclic amines) is 1. The van der Waals surface area contributed by atoms with Crippen LogP contribution in [0.1, 0.15) is 25.3 Å². The third kappa shape index (κ3) is 3.74. The number of nitrogens with zero attached hydrogens (tertiary/aromatic N) is 2. The van der Waals surface area contributed by atoms with Crippen LogP contribution in [0.15, 0.2) is 42.5 Å². The fourth-order valence-corrected chi connectivity index (χ4v) is 2.98. The normalized spacial score (nSPS) is 23.8. The van der Waals surface area contributed by atoms with Gasteiger partial charge < -0.3 is 4.90 Å². The lowest BCUT2D eigenvalue weighted by Crippen LogP contribution is -2.53. The Morgan fingerprint density at radius 1 is 1.26 bits per heavy atom. The number of hydrogen-bond acceptors (Lipinski definition) is 3. The number of amides is 3. The highest BCUT2D eigenvalue weighted by Crippen LogP contribution is 2.25. The van der Waals surface area contributed by atoms with Gasteiger partial charge in [-0.1, -0.05) is 30.3 Å². The van der Waals surface area contributed by atoms with Crippen molar-refractivity contribution in [2.45, 2.75) is 32.4 Å². The van der Waals surface area contributed by atoms with Crippen molar-refractivity contribution in [3.63, 3.8) is 0 Å². The van der Waals surface area contributed by atoms with Crippen LogP contribution in [0.4, 0.5) is 0 Å². The number of imide groups is 1. The summed E-state index contributed by atoms with van der Waals surface area (Å²) in [4.78, 5) is 37.5. The highest BCUT2D eigenvalue weighted by molar-refractivity contribution is 5.95. The number of carbonyl (C=O) groups is 3. The molecule has 1 aliphatic heterocycles. The van der Waals surface area contributed by atoms with Gasteiger partial charge in [-0.3, -0.25) is 4.79 Å². The van der Waals surface area contributed by atoms with Crippen LogP contribution in [0.3, 0.4) is 0 Å². The fraction of sp³-hybridized carbons (Fsp3) is 0.389. The molecular formula is C18H23N2O3+. The highest BCUT2D eigenvalue weighted by Gasteiger charge is 2.44. The molecule has 0 N–H and O–H groups in total. The van der Waals surface area contributed by atoms with E-state index in [1.807, 2.05) is 37.3 Å². The van der Waals surface area contributed by atoms with Crippen molar-refractivity contribution < 1.29 is 18.9 Å². The minimum absolute atomic E-state index is 0.0261. The van der Waals surface area contributed by atoms with Crippen molar-refractivity contribution in [3.8, 4) is 0 Å². The predicted octanol–water partition coefficient (Wildman–Crippen LogP) is 1.88. The van der Waals surface area contributed by atoms with Crippen LogP contribution < -0.4 is 0 Å². The molecule has 23 heavy (non-hydrogen) atoms. The Hall–Kier alpha value is -2.27. The molecule has 2 atom stereocenters. The Balaban J connectivity index is 2.00. The van der Waals surface area contributed by atoms with Gasteiger partial charge in [0.2, 0.25) is 5.91 Å². The van der Waals surface area contributed by atoms with E-state index < -0.39 is 0 Å². The molecule has 0 aliphatic carbocycles. The minimum atomic E-state index is -0.313. The first kappa shape index (κ1) is 17.1. The molecule has 2 rings (SSSR count). The van der Waals surface area contributed by atoms with Crippen molar-refractivity contribution >= 4 is 18.2 Å². The molecule has 5 heteroatoms. The summed E-state index contributed by atoms with van der Waals surface area (Å²) < 4.78 is -0.202. The molecule has 0 radical (unpaired) electrons. The molecule has 122 valence electrons. The van der Waals surface area contributed by atoms with Gasteiger partial charge in [0.1, 0.15) is 6.04 Å². The van der Waals surface area contributed by atoms with Crippen molar-refractivity contribution in [2.75, 3.05) is 13.6 Å². The number of hydrogen-bond donors (Lipinski definition) is 0. The van der Waals surface area contributed by atoms with Crippen molar-refractivity contribution in [1.82, 2.24) is 4.90 Å². The first-order valence-electron chi connectivity index (χ1n) is 7.85. The number of likely N-dealkylation sites (N-methyl/N-ethyl adjacent to an activating group) is 1. The van der Waals surface area contributed by atoms with E-state index in [9.17, 15) is 14.4 Å². The summed E-state index contributed by atoms with van der Waals surface area (Å²) in [7, 11) is 1.69. The molecule has 0 bridgehead atoms. The zero-order chi connectivity index (χ0) is 16.9. The van der Waals surface area contributed by atoms with Gasteiger partial charge in [-0.15, -0.1) is 0 Å². The molecule has 1 aliphatic rings. The van der Waals surface area contributed by atoms with Crippen LogP contribution in [0.2, 0.25) is 0 Å². The molecule has 5 nitrogen and oxygen atoms in total. The summed E-state index contributed by atoms with van der Waals surface area (Å²) >= 11 is 0. The quantitative estimate of drug-likeness (QED) is 0.474. The van der Waals surface area contributed by atoms with Gasteiger partial charge in [-0.2, -0.15) is 4.48 Å². The first-order chi connectivity index (χ1) is 11.0. The summed E-state index contributed by atoms with van der Waals surface area (Å²) in [5.41, 5.74) is 1.02. The fourth-order valence-electron chi connectivity index (χ4n) is 2.98. The first-order valence-corrected chi connectivity index (χ1v) is 7.85. The molecule has 1 aromatic carbocycles. The molecule has 1 heterocycles. The van der Waals surface area contributed by atoms with Crippen molar-refractivity contribution in [3.05, 3.63) is 48.0 Å². The molecule has 0 aromatic heterocycles. The van der Waals surface area contributed by atoms with Gasteiger partial charge in [-0.05, 0) is 12.5 Å². The van der Waals surface area contributed by atoms with Crippen LogP contribution in [0.25, 0.3) is 0 Å². The average molecular weight is 315 g/mol. The molecule has 0 saturated carbocycles. The number of carbonyl (C=O) groups excluding carboxylic acids is 3. The number of benzene rings is 1. The molecule has 1 fully saturated rings. The summed E-state index contributed by atoms with van der Waals surface area (Å²) in [5.74, 6) is -0.565. The van der Waals surface area contributed by atoms with E-state index in [2.05, 4.69) is 0 Å². The largest absolute Gasteiger partial charge is 0.346 e. The molecule has 1 unspecified atom stereocenters. The zero-order valence-corrected chi connectivity index (χ0v) is 13.6. The summed E-state index contributed by atoms with van der Waals surface area (Å²) in [5, 5.41) is 0. The predicted molar refractivity (Wildman–Crippen MR) is 87.0 cm³/mol. The van der Waals surface area contributed by atoms with E-state index in [4.69, 9.17) is 0 Å². The van der Waals surface area contributed by atoms with Crippen LogP contribution >= 0.6 is 0 Å². The van der Waals surface area contributed by atoms with Crippen LogP contribution in [-0.2, 0) is 20.9 Å². The topological polar surface area (TPSA) is 54.5 Å². The molecule has 3 amide bonds. The smallest absolute Gasteiger partial charge is 0.338 e. The van der Waals surface area contributed by atoms with E-state index in [0.29, 0.717) is 19.5 Å². The molecule has 1 saturated heterocycles. The van der Waals surface area contributed by atoms with Crippen LogP contribution in [0.5, 0.6) is 0 Å². The molecular weight excluding hydrogens is 292 g/mol. The Morgan fingerprint density at radius 3 is 2.52 bits per heavy atom. The van der Waals surface area contributed by atoms with Crippen LogP contribution in [-0.4, -0.2) is 47.2 Å². The molecule has 0 spiro atoms. The summed E-state index contributed by atoms with van der Waals surface area (Å²) in [6, 6.07) is 9.61. The lowest BCUT2D eigenvalue weighted by molar-refractivity contribution is -0.777. The summed E-state index contributed by atoms with van der Waals surface area (Å²) in [6.45, 7) is 2.89. The van der Waals surface area contributed by atoms with Crippen molar-refractivity contribution in [2.24, 2.45) is 0 Å². The number of quaternary nitrogens is 1. The maximum Gasteiger partial charge on any atom is 0.346 e. The van der Waals surface area contributed by atoms with Crippen LogP contribution in [0, 0.1) is 0 Å². The Kier molecular flexibility index (Phi) is 5.45.